The molecule has 0 amide bonds. The highest BCUT2D eigenvalue weighted by Crippen LogP contribution is 2.34. The van der Waals surface area contributed by atoms with Crippen LogP contribution in [0.2, 0.25) is 0 Å². The molecule has 0 saturated carbocycles. The average Bonchev–Trinajstić information content (AvgIpc) is 2.73. The Morgan fingerprint density at radius 1 is 1.42 bits per heavy atom. The Kier molecular flexibility index (Phi) is 1.59. The molecule has 64 valence electrons. The molecule has 1 aliphatic heterocycles. The molecule has 4 heteroatoms. The SMILES string of the molecule is [O-]N1CC1c1cc(F)ccc1F. The Morgan fingerprint density at radius 2 is 2.08 bits per heavy atom. The van der Waals surface area contributed by atoms with Gasteiger partial charge in [0.15, 0.2) is 0 Å². The van der Waals surface area contributed by atoms with Gasteiger partial charge >= 0.3 is 0 Å². The van der Waals surface area contributed by atoms with Crippen molar-refractivity contribution in [3.8, 4) is 0 Å². The van der Waals surface area contributed by atoms with Gasteiger partial charge in [0.2, 0.25) is 0 Å². The summed E-state index contributed by atoms with van der Waals surface area (Å²) in [5, 5.41) is 11.3. The van der Waals surface area contributed by atoms with E-state index in [2.05, 4.69) is 0 Å². The standard InChI is InChI=1S/C8H6F2NO/c9-5-1-2-7(10)6(3-5)8-4-11(8)12/h1-3,8H,4H2/q-1. The van der Waals surface area contributed by atoms with Crippen LogP contribution in [0.5, 0.6) is 0 Å². The number of hydrogen-bond acceptors (Lipinski definition) is 2. The molecule has 1 fully saturated rings. The first-order valence-electron chi connectivity index (χ1n) is 3.57. The lowest BCUT2D eigenvalue weighted by Crippen LogP contribution is -1.92. The topological polar surface area (TPSA) is 26.1 Å². The molecule has 12 heavy (non-hydrogen) atoms. The molecule has 0 aromatic heterocycles. The van der Waals surface area contributed by atoms with Crippen LogP contribution < -0.4 is 0 Å². The molecule has 1 heterocycles. The predicted molar refractivity (Wildman–Crippen MR) is 39.2 cm³/mol. The van der Waals surface area contributed by atoms with Gasteiger partial charge in [-0.05, 0) is 18.2 Å². The van der Waals surface area contributed by atoms with Gasteiger partial charge in [0.1, 0.15) is 11.6 Å². The molecule has 2 atom stereocenters. The van der Waals surface area contributed by atoms with Crippen LogP contribution in [0.1, 0.15) is 11.6 Å². The average molecular weight is 170 g/mol. The van der Waals surface area contributed by atoms with Gasteiger partial charge in [-0.2, -0.15) is 0 Å². The van der Waals surface area contributed by atoms with E-state index in [-0.39, 0.29) is 12.1 Å². The van der Waals surface area contributed by atoms with E-state index in [0.717, 1.165) is 18.2 Å². The van der Waals surface area contributed by atoms with Crippen molar-refractivity contribution in [3.05, 3.63) is 40.6 Å². The Hall–Kier alpha value is -1.00. The first-order valence-corrected chi connectivity index (χ1v) is 3.57. The fraction of sp³-hybridized carbons (Fsp3) is 0.250. The largest absolute Gasteiger partial charge is 0.785 e. The molecule has 0 N–H and O–H groups in total. The van der Waals surface area contributed by atoms with Gasteiger partial charge in [-0.1, -0.05) is 0 Å². The summed E-state index contributed by atoms with van der Waals surface area (Å²) in [7, 11) is 0. The molecule has 0 bridgehead atoms. The van der Waals surface area contributed by atoms with Gasteiger partial charge in [0.25, 0.3) is 0 Å². The van der Waals surface area contributed by atoms with E-state index in [1.165, 1.54) is 0 Å². The first kappa shape index (κ1) is 7.64. The zero-order valence-corrected chi connectivity index (χ0v) is 6.13. The molecular formula is C8H6F2NO-. The van der Waals surface area contributed by atoms with Crippen LogP contribution in [-0.4, -0.2) is 11.6 Å². The minimum Gasteiger partial charge on any atom is -0.785 e. The van der Waals surface area contributed by atoms with Crippen molar-refractivity contribution in [2.24, 2.45) is 0 Å². The van der Waals surface area contributed by atoms with Crippen molar-refractivity contribution >= 4 is 0 Å². The van der Waals surface area contributed by atoms with E-state index >= 15 is 0 Å². The second-order valence-electron chi connectivity index (χ2n) is 2.78. The summed E-state index contributed by atoms with van der Waals surface area (Å²) < 4.78 is 25.5. The van der Waals surface area contributed by atoms with E-state index in [1.54, 1.807) is 0 Å². The van der Waals surface area contributed by atoms with Crippen LogP contribution >= 0.6 is 0 Å². The van der Waals surface area contributed by atoms with Gasteiger partial charge in [0.05, 0.1) is 0 Å². The lowest BCUT2D eigenvalue weighted by atomic mass is 10.1. The van der Waals surface area contributed by atoms with Crippen molar-refractivity contribution < 1.29 is 8.78 Å². The third-order valence-electron chi connectivity index (χ3n) is 1.88. The second kappa shape index (κ2) is 2.50. The van der Waals surface area contributed by atoms with E-state index in [0.29, 0.717) is 5.06 Å². The van der Waals surface area contributed by atoms with Crippen LogP contribution in [0.15, 0.2) is 18.2 Å². The molecule has 1 aliphatic rings. The molecule has 2 unspecified atom stereocenters. The van der Waals surface area contributed by atoms with Crippen LogP contribution in [0.4, 0.5) is 8.78 Å². The van der Waals surface area contributed by atoms with Gasteiger partial charge in [-0.3, -0.25) is 0 Å². The molecule has 1 aromatic rings. The van der Waals surface area contributed by atoms with Gasteiger partial charge in [0, 0.05) is 18.2 Å². The van der Waals surface area contributed by atoms with Crippen molar-refractivity contribution in [3.63, 3.8) is 0 Å². The molecule has 2 nitrogen and oxygen atoms in total. The Labute approximate surface area is 68.0 Å². The van der Waals surface area contributed by atoms with Gasteiger partial charge in [-0.15, -0.1) is 0 Å². The zero-order chi connectivity index (χ0) is 8.72. The predicted octanol–water partition coefficient (Wildman–Crippen LogP) is 1.82. The molecule has 0 spiro atoms. The van der Waals surface area contributed by atoms with Crippen LogP contribution in [-0.2, 0) is 0 Å². The summed E-state index contributed by atoms with van der Waals surface area (Å²) in [5.41, 5.74) is 0.157. The summed E-state index contributed by atoms with van der Waals surface area (Å²) in [6, 6.07) is 2.67. The van der Waals surface area contributed by atoms with Crippen LogP contribution in [0.25, 0.3) is 0 Å². The first-order chi connectivity index (χ1) is 5.68. The van der Waals surface area contributed by atoms with Gasteiger partial charge in [-0.25, -0.2) is 8.78 Å². The van der Waals surface area contributed by atoms with Crippen LogP contribution in [0, 0.1) is 16.8 Å². The summed E-state index contributed by atoms with van der Waals surface area (Å²) in [5.74, 6) is -1.02. The van der Waals surface area contributed by atoms with Crippen molar-refractivity contribution in [2.45, 2.75) is 6.04 Å². The molecular weight excluding hydrogens is 164 g/mol. The highest BCUT2D eigenvalue weighted by atomic mass is 19.1. The zero-order valence-electron chi connectivity index (χ0n) is 6.13. The minimum absolute atomic E-state index is 0.157. The van der Waals surface area contributed by atoms with Crippen LogP contribution in [0.3, 0.4) is 0 Å². The third kappa shape index (κ3) is 1.19. The summed E-state index contributed by atoms with van der Waals surface area (Å²) in [6.45, 7) is 0.264. The highest BCUT2D eigenvalue weighted by Gasteiger charge is 2.29. The normalized spacial score (nSPS) is 27.2. The molecule has 0 radical (unpaired) electrons. The monoisotopic (exact) mass is 170 g/mol. The second-order valence-corrected chi connectivity index (χ2v) is 2.78. The summed E-state index contributed by atoms with van der Waals surface area (Å²) >= 11 is 0. The van der Waals surface area contributed by atoms with Gasteiger partial charge < -0.3 is 10.3 Å². The number of rotatable bonds is 1. The minimum atomic E-state index is -0.514. The summed E-state index contributed by atoms with van der Waals surface area (Å²) in [6.07, 6.45) is 0. The maximum atomic E-state index is 12.9. The lowest BCUT2D eigenvalue weighted by molar-refractivity contribution is 0.572. The Morgan fingerprint density at radius 3 is 2.67 bits per heavy atom. The maximum Gasteiger partial charge on any atom is 0.128 e. The summed E-state index contributed by atoms with van der Waals surface area (Å²) in [4.78, 5) is 0. The Bertz CT molecular complexity index is 316. The number of benzene rings is 1. The van der Waals surface area contributed by atoms with E-state index < -0.39 is 17.7 Å². The lowest BCUT2D eigenvalue weighted by Gasteiger charge is -2.06. The van der Waals surface area contributed by atoms with E-state index in [9.17, 15) is 14.0 Å². The number of nitrogens with zero attached hydrogens (tertiary/aromatic N) is 1. The number of halogens is 2. The fourth-order valence-corrected chi connectivity index (χ4v) is 1.15. The Balaban J connectivity index is 2.36. The molecule has 2 rings (SSSR count). The third-order valence-corrected chi connectivity index (χ3v) is 1.88. The van der Waals surface area contributed by atoms with Crippen molar-refractivity contribution in [1.29, 1.82) is 0 Å². The smallest absolute Gasteiger partial charge is 0.128 e. The van der Waals surface area contributed by atoms with E-state index in [4.69, 9.17) is 0 Å². The van der Waals surface area contributed by atoms with Crippen molar-refractivity contribution in [2.75, 3.05) is 6.54 Å². The quantitative estimate of drug-likeness (QED) is 0.601. The highest BCUT2D eigenvalue weighted by molar-refractivity contribution is 5.26. The molecule has 0 aliphatic carbocycles. The number of hydrogen-bond donors (Lipinski definition) is 0. The fourth-order valence-electron chi connectivity index (χ4n) is 1.15. The van der Waals surface area contributed by atoms with E-state index in [1.807, 2.05) is 0 Å². The number of hydroxylamine groups is 2. The molecule has 1 aromatic carbocycles. The molecule has 1 saturated heterocycles. The maximum absolute atomic E-state index is 12.9. The van der Waals surface area contributed by atoms with Crippen molar-refractivity contribution in [1.82, 2.24) is 5.06 Å².